The van der Waals surface area contributed by atoms with E-state index in [0.29, 0.717) is 48.3 Å². The number of nitrogens with two attached hydrogens (primary N) is 1. The van der Waals surface area contributed by atoms with E-state index in [0.717, 1.165) is 41.5 Å². The van der Waals surface area contributed by atoms with Gasteiger partial charge in [0.2, 0.25) is 0 Å². The molecular weight excluding hydrogens is 1480 g/mol. The molecule has 0 radical (unpaired) electrons. The molecule has 0 aliphatic rings. The largest absolute Gasteiger partial charge is 0.497 e. The lowest BCUT2D eigenvalue weighted by Crippen LogP contribution is -2.34. The number of nitrogens with zero attached hydrogens (tertiary/aromatic N) is 1. The molecule has 0 heterocycles. The highest BCUT2D eigenvalue weighted by molar-refractivity contribution is 5.72. The van der Waals surface area contributed by atoms with Crippen LogP contribution >= 0.6 is 0 Å². The number of hydroxylamine groups is 1. The third-order valence-corrected chi connectivity index (χ3v) is 16.0. The standard InChI is InChI=1S/2C18H18F3NO3.C18H18F3NO2.C13H16F3NO2.C11H12F3NO2/c1-24-14-5-3-12(4-6-14)22-13(9-18(23)25-2)7-11-8-16(20)17(21)10-15(11)19;1-24-18(23)9-14(22-25-11-12-5-3-2-4-6-12)7-13-8-16(20)17(21)10-15(13)19;1-24-18(23)9-14(22-11-12-5-3-2-4-6-12)7-13-8-16(20)17(21)10-15(13)19;1-17(2)9(6-13(18)19-3)4-8-5-11(15)12(16)7-10(8)14;1-17-11(16)4-7(15)2-6-3-9(13)10(14)5-8(6)12/h3-6,8,10,13,22H,7,9H2,1-2H3;2-6,8,10,14,22H,7,9,11H2,1H3;2-6,8,10,14,22H,7,9,11H2,1H3;5,7,9H,4,6H2,1-3H3;3,5,7H,2,4,15H2,1H3. The van der Waals surface area contributed by atoms with Gasteiger partial charge in [0.05, 0.1) is 81.4 Å². The van der Waals surface area contributed by atoms with E-state index in [1.807, 2.05) is 60.7 Å². The SMILES string of the molecule is COC(=O)CC(Cc1cc(F)c(F)cc1F)N(C)C.COC(=O)CC(Cc1cc(F)c(F)cc1F)NCc1ccccc1.COC(=O)CC(Cc1cc(F)c(F)cc1F)NOCc1ccccc1.COC(=O)CC(Cc1cc(F)c(F)cc1F)Nc1ccc(OC)cc1.COC(=O)CC(N)Cc1cc(F)c(F)cc1F. The first kappa shape index (κ1) is 91.8. The van der Waals surface area contributed by atoms with Crippen molar-refractivity contribution in [2.75, 3.05) is 62.1 Å². The van der Waals surface area contributed by atoms with Crippen LogP contribution in [0.15, 0.2) is 146 Å². The molecule has 8 rings (SSSR count). The Morgan fingerprint density at radius 1 is 0.364 bits per heavy atom. The summed E-state index contributed by atoms with van der Waals surface area (Å²) < 4.78 is 227. The van der Waals surface area contributed by atoms with Crippen molar-refractivity contribution < 1.29 is 123 Å². The van der Waals surface area contributed by atoms with Crippen molar-refractivity contribution in [1.29, 1.82) is 0 Å². The second kappa shape index (κ2) is 47.4. The average molecular weight is 1570 g/mol. The highest BCUT2D eigenvalue weighted by atomic mass is 19.2. The second-order valence-corrected chi connectivity index (χ2v) is 24.3. The highest BCUT2D eigenvalue weighted by Crippen LogP contribution is 2.25. The number of benzene rings is 8. The van der Waals surface area contributed by atoms with Gasteiger partial charge in [-0.3, -0.25) is 28.8 Å². The number of carbonyl (C=O) groups excluding carboxylic acids is 5. The zero-order valence-corrected chi connectivity index (χ0v) is 60.8. The van der Waals surface area contributed by atoms with E-state index < -0.39 is 141 Å². The lowest BCUT2D eigenvalue weighted by atomic mass is 10.0. The van der Waals surface area contributed by atoms with Gasteiger partial charge < -0.3 is 49.7 Å². The molecule has 0 spiro atoms. The minimum atomic E-state index is -1.26. The van der Waals surface area contributed by atoms with E-state index in [9.17, 15) is 89.8 Å². The van der Waals surface area contributed by atoms with Crippen LogP contribution < -0.4 is 26.6 Å². The Bertz CT molecular complexity index is 4260. The Hall–Kier alpha value is -10.5. The number of methoxy groups -OCH3 is 6. The van der Waals surface area contributed by atoms with Crippen LogP contribution in [-0.2, 0) is 97.8 Å². The number of anilines is 1. The van der Waals surface area contributed by atoms with Gasteiger partial charge in [-0.1, -0.05) is 60.7 Å². The average Bonchev–Trinajstić information content (AvgIpc) is 0.869. The fourth-order valence-electron chi connectivity index (χ4n) is 10.0. The van der Waals surface area contributed by atoms with E-state index in [1.165, 1.54) is 42.7 Å². The number of likely N-dealkylation sites (N-methyl/N-ethyl adjacent to an activating group) is 1. The van der Waals surface area contributed by atoms with Crippen molar-refractivity contribution in [3.05, 3.63) is 272 Å². The van der Waals surface area contributed by atoms with Crippen LogP contribution in [0.2, 0.25) is 0 Å². The number of rotatable bonds is 31. The lowest BCUT2D eigenvalue weighted by molar-refractivity contribution is -0.143. The monoisotopic (exact) mass is 1570 g/mol. The Morgan fingerprint density at radius 2 is 0.682 bits per heavy atom. The maximum absolute atomic E-state index is 13.9. The van der Waals surface area contributed by atoms with E-state index in [4.69, 9.17) is 15.3 Å². The van der Waals surface area contributed by atoms with E-state index in [-0.39, 0.29) is 105 Å². The normalized spacial score (nSPS) is 12.1. The van der Waals surface area contributed by atoms with Crippen LogP contribution in [0, 0.1) is 87.3 Å². The third kappa shape index (κ3) is 32.7. The topological polar surface area (TPSA) is 215 Å². The predicted molar refractivity (Wildman–Crippen MR) is 374 cm³/mol. The summed E-state index contributed by atoms with van der Waals surface area (Å²) >= 11 is 0. The molecule has 596 valence electrons. The first-order valence-electron chi connectivity index (χ1n) is 33.2. The Kier molecular flexibility index (Phi) is 39.6. The minimum absolute atomic E-state index is 0.00312. The lowest BCUT2D eigenvalue weighted by Gasteiger charge is -2.23. The molecule has 0 amide bonds. The molecule has 5 N–H and O–H groups in total. The minimum Gasteiger partial charge on any atom is -0.497 e. The molecule has 0 fully saturated rings. The van der Waals surface area contributed by atoms with Crippen LogP contribution in [0.4, 0.5) is 71.5 Å². The van der Waals surface area contributed by atoms with E-state index in [2.05, 4.69) is 39.8 Å². The molecule has 110 heavy (non-hydrogen) atoms. The van der Waals surface area contributed by atoms with Gasteiger partial charge in [-0.15, -0.1) is 0 Å². The van der Waals surface area contributed by atoms with Gasteiger partial charge in [0.1, 0.15) is 34.8 Å². The fourth-order valence-corrected chi connectivity index (χ4v) is 10.0. The molecule has 0 aliphatic heterocycles. The number of halogens is 15. The molecular formula is C78H82F15N5O12. The van der Waals surface area contributed by atoms with E-state index in [1.54, 1.807) is 43.3 Å². The molecule has 0 aliphatic carbocycles. The van der Waals surface area contributed by atoms with E-state index >= 15 is 0 Å². The fraction of sp³-hybridized carbons (Fsp3) is 0.321. The maximum atomic E-state index is 13.9. The zero-order valence-electron chi connectivity index (χ0n) is 60.8. The number of esters is 5. The number of hydrogen-bond donors (Lipinski definition) is 4. The molecule has 32 heteroatoms. The van der Waals surface area contributed by atoms with Gasteiger partial charge in [0.25, 0.3) is 0 Å². The molecule has 0 saturated carbocycles. The van der Waals surface area contributed by atoms with Crippen LogP contribution in [0.25, 0.3) is 0 Å². The molecule has 17 nitrogen and oxygen atoms in total. The molecule has 0 bridgehead atoms. The summed E-state index contributed by atoms with van der Waals surface area (Å²) in [5, 5.41) is 6.19. The van der Waals surface area contributed by atoms with Gasteiger partial charge in [0.15, 0.2) is 58.2 Å². The van der Waals surface area contributed by atoms with Gasteiger partial charge in [-0.25, -0.2) is 65.9 Å². The second-order valence-electron chi connectivity index (χ2n) is 24.3. The number of carbonyl (C=O) groups is 5. The number of nitrogens with one attached hydrogen (secondary N) is 3. The third-order valence-electron chi connectivity index (χ3n) is 16.0. The van der Waals surface area contributed by atoms with Gasteiger partial charge in [-0.05, 0) is 140 Å². The summed E-state index contributed by atoms with van der Waals surface area (Å²) in [5.74, 6) is -18.1. The summed E-state index contributed by atoms with van der Waals surface area (Å²) in [7, 11) is 11.1. The van der Waals surface area contributed by atoms with Crippen LogP contribution in [0.1, 0.15) is 71.0 Å². The Balaban J connectivity index is 0.000000292. The van der Waals surface area contributed by atoms with Gasteiger partial charge >= 0.3 is 29.8 Å². The van der Waals surface area contributed by atoms with Crippen molar-refractivity contribution in [3.63, 3.8) is 0 Å². The maximum Gasteiger partial charge on any atom is 0.307 e. The first-order chi connectivity index (χ1) is 52.2. The van der Waals surface area contributed by atoms with Crippen LogP contribution in [0.3, 0.4) is 0 Å². The molecule has 5 unspecified atom stereocenters. The number of hydrogen-bond acceptors (Lipinski definition) is 17. The van der Waals surface area contributed by atoms with Gasteiger partial charge in [0, 0.05) is 72.8 Å². The van der Waals surface area contributed by atoms with Crippen molar-refractivity contribution >= 4 is 35.5 Å². The molecule has 8 aromatic carbocycles. The van der Waals surface area contributed by atoms with Crippen molar-refractivity contribution in [2.24, 2.45) is 5.73 Å². The first-order valence-corrected chi connectivity index (χ1v) is 33.2. The summed E-state index contributed by atoms with van der Waals surface area (Å²) in [5.41, 5.74) is 10.6. The molecule has 5 atom stereocenters. The van der Waals surface area contributed by atoms with Crippen LogP contribution in [0.5, 0.6) is 5.75 Å². The smallest absolute Gasteiger partial charge is 0.307 e. The van der Waals surface area contributed by atoms with Crippen molar-refractivity contribution in [1.82, 2.24) is 15.7 Å². The quantitative estimate of drug-likeness (QED) is 0.0104. The predicted octanol–water partition coefficient (Wildman–Crippen LogP) is 14.0. The molecule has 0 aromatic heterocycles. The molecule has 0 saturated heterocycles. The number of ether oxygens (including phenoxy) is 6. The zero-order chi connectivity index (χ0) is 81.7. The van der Waals surface area contributed by atoms with Crippen LogP contribution in [-0.4, -0.2) is 122 Å². The molecule has 8 aromatic rings. The summed E-state index contributed by atoms with van der Waals surface area (Å²) in [6, 6.07) is 29.2. The van der Waals surface area contributed by atoms with Crippen molar-refractivity contribution in [3.8, 4) is 5.75 Å². The summed E-state index contributed by atoms with van der Waals surface area (Å²) in [6.07, 6.45) is -0.325. The highest BCUT2D eigenvalue weighted by Gasteiger charge is 2.25. The summed E-state index contributed by atoms with van der Waals surface area (Å²) in [6.45, 7) is 0.673. The summed E-state index contributed by atoms with van der Waals surface area (Å²) in [4.78, 5) is 63.8. The Labute approximate surface area is 625 Å². The van der Waals surface area contributed by atoms with Gasteiger partial charge in [-0.2, -0.15) is 5.48 Å². The van der Waals surface area contributed by atoms with Crippen molar-refractivity contribution in [2.45, 2.75) is 108 Å². The Morgan fingerprint density at radius 3 is 1.06 bits per heavy atom.